The van der Waals surface area contributed by atoms with Crippen LogP contribution in [-0.4, -0.2) is 24.3 Å². The summed E-state index contributed by atoms with van der Waals surface area (Å²) >= 11 is 0. The van der Waals surface area contributed by atoms with E-state index in [-0.39, 0.29) is 17.3 Å². The molecule has 0 unspecified atom stereocenters. The Morgan fingerprint density at radius 1 is 1.43 bits per heavy atom. The number of rotatable bonds is 2. The number of nitrogens with zero attached hydrogens (tertiary/aromatic N) is 1. The predicted octanol–water partition coefficient (Wildman–Crippen LogP) is 2.05. The van der Waals surface area contributed by atoms with Crippen LogP contribution in [0.15, 0.2) is 4.99 Å². The zero-order chi connectivity index (χ0) is 11.1. The Morgan fingerprint density at radius 3 is 2.14 bits per heavy atom. The molecule has 1 rings (SSSR count). The van der Waals surface area contributed by atoms with Crippen molar-refractivity contribution in [3.63, 3.8) is 0 Å². The van der Waals surface area contributed by atoms with Crippen LogP contribution in [-0.2, 0) is 9.53 Å². The van der Waals surface area contributed by atoms with Crippen LogP contribution >= 0.6 is 0 Å². The molecule has 14 heavy (non-hydrogen) atoms. The summed E-state index contributed by atoms with van der Waals surface area (Å²) in [6.45, 7) is 10.2. The molecular formula is C11H19NO2. The number of hydrogen-bond acceptors (Lipinski definition) is 3. The van der Waals surface area contributed by atoms with Crippen LogP contribution in [0.25, 0.3) is 0 Å². The molecule has 0 amide bonds. The third kappa shape index (κ3) is 1.45. The molecule has 1 heterocycles. The van der Waals surface area contributed by atoms with Gasteiger partial charge in [-0.05, 0) is 5.92 Å². The summed E-state index contributed by atoms with van der Waals surface area (Å²) in [4.78, 5) is 16.0. The largest absolute Gasteiger partial charge is 0.467 e. The number of ether oxygens (including phenoxy) is 1. The zero-order valence-corrected chi connectivity index (χ0v) is 9.84. The molecule has 3 heteroatoms. The third-order valence-corrected chi connectivity index (χ3v) is 2.64. The lowest BCUT2D eigenvalue weighted by Gasteiger charge is -2.22. The summed E-state index contributed by atoms with van der Waals surface area (Å²) in [5.41, 5.74) is 0.262. The van der Waals surface area contributed by atoms with E-state index < -0.39 is 5.54 Å². The van der Waals surface area contributed by atoms with Crippen molar-refractivity contribution < 1.29 is 9.53 Å². The maximum absolute atomic E-state index is 11.7. The molecule has 3 nitrogen and oxygen atoms in total. The molecule has 1 aliphatic heterocycles. The van der Waals surface area contributed by atoms with Crippen LogP contribution in [0.2, 0.25) is 0 Å². The highest BCUT2D eigenvalue weighted by Crippen LogP contribution is 2.44. The average molecular weight is 197 g/mol. The molecule has 0 N–H and O–H groups in total. The van der Waals surface area contributed by atoms with Gasteiger partial charge in [-0.15, -0.1) is 0 Å². The molecule has 0 spiro atoms. The summed E-state index contributed by atoms with van der Waals surface area (Å²) in [6.07, 6.45) is 0. The summed E-state index contributed by atoms with van der Waals surface area (Å²) in [7, 11) is 1.42. The molecule has 0 saturated carbocycles. The van der Waals surface area contributed by atoms with Crippen molar-refractivity contribution in [2.75, 3.05) is 7.11 Å². The first-order valence-corrected chi connectivity index (χ1v) is 4.96. The molecule has 0 aromatic rings. The van der Waals surface area contributed by atoms with Gasteiger partial charge in [-0.2, -0.15) is 0 Å². The molecule has 0 bridgehead atoms. The van der Waals surface area contributed by atoms with Crippen molar-refractivity contribution >= 4 is 11.7 Å². The van der Waals surface area contributed by atoms with Gasteiger partial charge in [-0.3, -0.25) is 4.99 Å². The van der Waals surface area contributed by atoms with Gasteiger partial charge in [0.15, 0.2) is 5.54 Å². The summed E-state index contributed by atoms with van der Waals surface area (Å²) in [5.74, 6) is -0.0541. The van der Waals surface area contributed by atoms with Crippen molar-refractivity contribution in [2.24, 2.45) is 16.3 Å². The fourth-order valence-electron chi connectivity index (χ4n) is 1.82. The van der Waals surface area contributed by atoms with Crippen molar-refractivity contribution in [3.8, 4) is 0 Å². The van der Waals surface area contributed by atoms with Crippen molar-refractivity contribution in [2.45, 2.75) is 40.2 Å². The smallest absolute Gasteiger partial charge is 0.339 e. The lowest BCUT2D eigenvalue weighted by atomic mass is 9.79. The molecule has 0 fully saturated rings. The van der Waals surface area contributed by atoms with Crippen molar-refractivity contribution in [1.29, 1.82) is 0 Å². The normalized spacial score (nSPS) is 26.1. The van der Waals surface area contributed by atoms with E-state index in [1.54, 1.807) is 0 Å². The van der Waals surface area contributed by atoms with E-state index in [4.69, 9.17) is 4.74 Å². The monoisotopic (exact) mass is 197 g/mol. The minimum atomic E-state index is -0.660. The van der Waals surface area contributed by atoms with E-state index in [1.807, 2.05) is 13.8 Å². The van der Waals surface area contributed by atoms with Crippen LogP contribution < -0.4 is 0 Å². The fraction of sp³-hybridized carbons (Fsp3) is 0.818. The molecule has 0 saturated heterocycles. The van der Waals surface area contributed by atoms with Crippen LogP contribution in [0, 0.1) is 11.3 Å². The molecule has 1 atom stereocenters. The molecule has 1 aliphatic rings. The van der Waals surface area contributed by atoms with E-state index in [1.165, 1.54) is 7.11 Å². The van der Waals surface area contributed by atoms with E-state index in [0.717, 1.165) is 5.71 Å². The molecular weight excluding hydrogens is 178 g/mol. The first-order chi connectivity index (χ1) is 6.26. The van der Waals surface area contributed by atoms with Gasteiger partial charge in [-0.1, -0.05) is 34.6 Å². The zero-order valence-electron chi connectivity index (χ0n) is 9.84. The number of esters is 1. The van der Waals surface area contributed by atoms with E-state index in [2.05, 4.69) is 25.8 Å². The van der Waals surface area contributed by atoms with Gasteiger partial charge in [0.25, 0.3) is 0 Å². The van der Waals surface area contributed by atoms with Gasteiger partial charge in [0.1, 0.15) is 0 Å². The Hall–Kier alpha value is -0.860. The second-order valence-electron chi connectivity index (χ2n) is 5.12. The second-order valence-corrected chi connectivity index (χ2v) is 5.12. The maximum atomic E-state index is 11.7. The number of carbonyl (C=O) groups is 1. The topological polar surface area (TPSA) is 38.7 Å². The van der Waals surface area contributed by atoms with Crippen LogP contribution in [0.5, 0.6) is 0 Å². The number of carbonyl (C=O) groups excluding carboxylic acids is 1. The average Bonchev–Trinajstić information content (AvgIpc) is 2.77. The molecule has 0 aromatic carbocycles. The van der Waals surface area contributed by atoms with Gasteiger partial charge in [0, 0.05) is 5.41 Å². The Labute approximate surface area is 85.6 Å². The highest BCUT2D eigenvalue weighted by atomic mass is 16.5. The molecule has 0 aromatic heterocycles. The first-order valence-electron chi connectivity index (χ1n) is 4.96. The minimum absolute atomic E-state index is 0.0432. The second kappa shape index (κ2) is 3.07. The van der Waals surface area contributed by atoms with Gasteiger partial charge in [0.2, 0.25) is 0 Å². The van der Waals surface area contributed by atoms with Gasteiger partial charge >= 0.3 is 5.97 Å². The van der Waals surface area contributed by atoms with E-state index >= 15 is 0 Å². The standard InChI is InChI=1S/C11H19NO2/c1-7(2)11(9(13)14-6)8(12-11)10(3,4)5/h7H,1-6H3/t11-/m1/s1. The van der Waals surface area contributed by atoms with E-state index in [0.29, 0.717) is 0 Å². The summed E-state index contributed by atoms with van der Waals surface area (Å²) in [6, 6.07) is 0. The van der Waals surface area contributed by atoms with Gasteiger partial charge < -0.3 is 4.74 Å². The van der Waals surface area contributed by atoms with Crippen LogP contribution in [0.1, 0.15) is 34.6 Å². The molecule has 80 valence electrons. The Balaban J connectivity index is 2.91. The number of hydrogen-bond donors (Lipinski definition) is 0. The van der Waals surface area contributed by atoms with Gasteiger partial charge in [0.05, 0.1) is 12.8 Å². The SMILES string of the molecule is COC(=O)[C@]1(C(C)C)N=C1C(C)(C)C. The number of aliphatic imine (C=N–C) groups is 1. The number of methoxy groups -OCH3 is 1. The summed E-state index contributed by atoms with van der Waals surface area (Å²) in [5, 5.41) is 0. The Kier molecular flexibility index (Phi) is 2.46. The molecule has 0 radical (unpaired) electrons. The van der Waals surface area contributed by atoms with Crippen LogP contribution in [0.3, 0.4) is 0 Å². The van der Waals surface area contributed by atoms with Crippen molar-refractivity contribution in [1.82, 2.24) is 0 Å². The summed E-state index contributed by atoms with van der Waals surface area (Å²) < 4.78 is 4.81. The minimum Gasteiger partial charge on any atom is -0.467 e. The third-order valence-electron chi connectivity index (χ3n) is 2.64. The van der Waals surface area contributed by atoms with Crippen LogP contribution in [0.4, 0.5) is 0 Å². The maximum Gasteiger partial charge on any atom is 0.339 e. The Morgan fingerprint density at radius 2 is 1.93 bits per heavy atom. The van der Waals surface area contributed by atoms with E-state index in [9.17, 15) is 4.79 Å². The fourth-order valence-corrected chi connectivity index (χ4v) is 1.82. The first kappa shape index (κ1) is 11.2. The quantitative estimate of drug-likeness (QED) is 0.635. The van der Waals surface area contributed by atoms with Crippen molar-refractivity contribution in [3.05, 3.63) is 0 Å². The van der Waals surface area contributed by atoms with Gasteiger partial charge in [-0.25, -0.2) is 4.79 Å². The predicted molar refractivity (Wildman–Crippen MR) is 56.5 cm³/mol. The lowest BCUT2D eigenvalue weighted by molar-refractivity contribution is -0.144. The Bertz CT molecular complexity index is 286. The lowest BCUT2D eigenvalue weighted by Crippen LogP contribution is -2.40. The highest BCUT2D eigenvalue weighted by Gasteiger charge is 2.60. The highest BCUT2D eigenvalue weighted by molar-refractivity contribution is 6.23. The molecule has 0 aliphatic carbocycles.